The molecule has 2 amide bonds. The summed E-state index contributed by atoms with van der Waals surface area (Å²) in [4.78, 5) is 36.1. The Labute approximate surface area is 126 Å². The van der Waals surface area contributed by atoms with Crippen LogP contribution in [0.3, 0.4) is 0 Å². The molecule has 0 aliphatic carbocycles. The summed E-state index contributed by atoms with van der Waals surface area (Å²) < 4.78 is 9.55. The maximum Gasteiger partial charge on any atom is 0.429 e. The second-order valence-electron chi connectivity index (χ2n) is 3.92. The zero-order chi connectivity index (χ0) is 15.8. The normalized spacial score (nSPS) is 11.4. The number of nitrogens with one attached hydrogen (secondary N) is 1. The van der Waals surface area contributed by atoms with Gasteiger partial charge in [-0.2, -0.15) is 0 Å². The maximum atomic E-state index is 12.3. The van der Waals surface area contributed by atoms with E-state index in [4.69, 9.17) is 9.47 Å². The SMILES string of the molecule is CCOC(=O)NN(C(=O)OCC)[C@H](C)C(=O)c1cccs1. The lowest BCUT2D eigenvalue weighted by Crippen LogP contribution is -2.53. The van der Waals surface area contributed by atoms with Crippen LogP contribution in [0.1, 0.15) is 30.4 Å². The molecule has 0 unspecified atom stereocenters. The van der Waals surface area contributed by atoms with Crippen LogP contribution < -0.4 is 5.43 Å². The predicted octanol–water partition coefficient (Wildman–Crippen LogP) is 2.44. The van der Waals surface area contributed by atoms with E-state index in [0.717, 1.165) is 5.01 Å². The van der Waals surface area contributed by atoms with Crippen molar-refractivity contribution in [2.45, 2.75) is 26.8 Å². The van der Waals surface area contributed by atoms with Gasteiger partial charge in [-0.05, 0) is 32.2 Å². The first-order valence-electron chi connectivity index (χ1n) is 6.48. The molecule has 1 N–H and O–H groups in total. The van der Waals surface area contributed by atoms with Crippen LogP contribution in [-0.4, -0.2) is 42.2 Å². The van der Waals surface area contributed by atoms with Gasteiger partial charge in [-0.15, -0.1) is 11.3 Å². The van der Waals surface area contributed by atoms with Crippen LogP contribution in [0.5, 0.6) is 0 Å². The van der Waals surface area contributed by atoms with Crippen molar-refractivity contribution >= 4 is 29.3 Å². The van der Waals surface area contributed by atoms with Gasteiger partial charge >= 0.3 is 12.2 Å². The first kappa shape index (κ1) is 17.0. The fraction of sp³-hybridized carbons (Fsp3) is 0.462. The first-order valence-corrected chi connectivity index (χ1v) is 7.36. The molecule has 1 aromatic rings. The summed E-state index contributed by atoms with van der Waals surface area (Å²) in [6, 6.07) is 2.47. The average molecular weight is 314 g/mol. The molecule has 0 fully saturated rings. The Morgan fingerprint density at radius 1 is 1.29 bits per heavy atom. The summed E-state index contributed by atoms with van der Waals surface area (Å²) in [6.07, 6.45) is -1.64. The summed E-state index contributed by atoms with van der Waals surface area (Å²) in [5.74, 6) is -0.296. The van der Waals surface area contributed by atoms with Gasteiger partial charge in [0.1, 0.15) is 6.04 Å². The second kappa shape index (κ2) is 8.25. The molecule has 1 aromatic heterocycles. The van der Waals surface area contributed by atoms with Crippen molar-refractivity contribution in [1.82, 2.24) is 10.4 Å². The molecule has 116 valence electrons. The third kappa shape index (κ3) is 4.75. The zero-order valence-electron chi connectivity index (χ0n) is 12.1. The van der Waals surface area contributed by atoms with Crippen LogP contribution in [-0.2, 0) is 9.47 Å². The number of rotatable bonds is 5. The number of ketones is 1. The van der Waals surface area contributed by atoms with Gasteiger partial charge in [-0.3, -0.25) is 4.79 Å². The smallest absolute Gasteiger partial charge is 0.429 e. The minimum absolute atomic E-state index is 0.125. The van der Waals surface area contributed by atoms with E-state index in [2.05, 4.69) is 5.43 Å². The molecule has 21 heavy (non-hydrogen) atoms. The molecule has 0 spiro atoms. The maximum absolute atomic E-state index is 12.3. The van der Waals surface area contributed by atoms with Crippen molar-refractivity contribution in [2.75, 3.05) is 13.2 Å². The van der Waals surface area contributed by atoms with Crippen LogP contribution >= 0.6 is 11.3 Å². The minimum atomic E-state index is -0.910. The van der Waals surface area contributed by atoms with Crippen LogP contribution in [0.2, 0.25) is 0 Å². The zero-order valence-corrected chi connectivity index (χ0v) is 12.9. The largest absolute Gasteiger partial charge is 0.449 e. The molecule has 0 saturated carbocycles. The molecular formula is C13H18N2O5S. The van der Waals surface area contributed by atoms with Crippen LogP contribution in [0.25, 0.3) is 0 Å². The van der Waals surface area contributed by atoms with E-state index >= 15 is 0 Å². The first-order chi connectivity index (χ1) is 10.0. The van der Waals surface area contributed by atoms with E-state index in [1.807, 2.05) is 0 Å². The minimum Gasteiger partial charge on any atom is -0.449 e. The summed E-state index contributed by atoms with van der Waals surface area (Å²) in [7, 11) is 0. The summed E-state index contributed by atoms with van der Waals surface area (Å²) in [5, 5.41) is 2.59. The van der Waals surface area contributed by atoms with Gasteiger partial charge in [0, 0.05) is 0 Å². The molecule has 0 radical (unpaired) electrons. The number of ether oxygens (including phenoxy) is 2. The number of thiophene rings is 1. The molecule has 1 heterocycles. The van der Waals surface area contributed by atoms with Gasteiger partial charge < -0.3 is 9.47 Å². The fourth-order valence-electron chi connectivity index (χ4n) is 1.50. The number of hydrogen-bond acceptors (Lipinski definition) is 6. The lowest BCUT2D eigenvalue weighted by Gasteiger charge is -2.26. The fourth-order valence-corrected chi connectivity index (χ4v) is 2.24. The lowest BCUT2D eigenvalue weighted by atomic mass is 10.2. The summed E-state index contributed by atoms with van der Waals surface area (Å²) in [5.41, 5.74) is 2.23. The number of Topliss-reactive ketones (excluding diaryl/α,β-unsaturated/α-hetero) is 1. The van der Waals surface area contributed by atoms with Gasteiger partial charge in [-0.25, -0.2) is 20.0 Å². The third-order valence-corrected chi connectivity index (χ3v) is 3.37. The summed E-state index contributed by atoms with van der Waals surface area (Å²) >= 11 is 1.26. The number of carbonyl (C=O) groups excluding carboxylic acids is 3. The van der Waals surface area contributed by atoms with Crippen molar-refractivity contribution in [3.05, 3.63) is 22.4 Å². The highest BCUT2D eigenvalue weighted by atomic mass is 32.1. The Morgan fingerprint density at radius 3 is 2.48 bits per heavy atom. The van der Waals surface area contributed by atoms with E-state index < -0.39 is 18.2 Å². The van der Waals surface area contributed by atoms with Crippen molar-refractivity contribution in [1.29, 1.82) is 0 Å². The Hall–Kier alpha value is -2.09. The van der Waals surface area contributed by atoms with Crippen LogP contribution in [0.15, 0.2) is 17.5 Å². The van der Waals surface area contributed by atoms with E-state index in [1.165, 1.54) is 18.3 Å². The Kier molecular flexibility index (Phi) is 6.67. The standard InChI is InChI=1S/C13H18N2O5S/c1-4-19-12(17)14-15(13(18)20-5-2)9(3)11(16)10-7-6-8-21-10/h6-9H,4-5H2,1-3H3,(H,14,17)/t9-/m1/s1. The molecule has 8 heteroatoms. The number of nitrogens with zero attached hydrogens (tertiary/aromatic N) is 1. The van der Waals surface area contributed by atoms with Gasteiger partial charge in [0.25, 0.3) is 0 Å². The van der Waals surface area contributed by atoms with E-state index in [0.29, 0.717) is 4.88 Å². The van der Waals surface area contributed by atoms with Gasteiger partial charge in [0.05, 0.1) is 18.1 Å². The number of amides is 2. The van der Waals surface area contributed by atoms with Gasteiger partial charge in [-0.1, -0.05) is 6.07 Å². The number of hydrazine groups is 1. The lowest BCUT2D eigenvalue weighted by molar-refractivity contribution is 0.0517. The Morgan fingerprint density at radius 2 is 1.95 bits per heavy atom. The molecule has 0 saturated heterocycles. The molecular weight excluding hydrogens is 296 g/mol. The average Bonchev–Trinajstić information content (AvgIpc) is 2.98. The topological polar surface area (TPSA) is 84.9 Å². The van der Waals surface area contributed by atoms with Gasteiger partial charge in [0.2, 0.25) is 0 Å². The Balaban J connectivity index is 2.86. The Bertz CT molecular complexity index is 489. The van der Waals surface area contributed by atoms with Gasteiger partial charge in [0.15, 0.2) is 5.78 Å². The van der Waals surface area contributed by atoms with Crippen molar-refractivity contribution in [3.8, 4) is 0 Å². The molecule has 0 aliphatic rings. The summed E-state index contributed by atoms with van der Waals surface area (Å²) in [6.45, 7) is 5.04. The van der Waals surface area contributed by atoms with E-state index in [9.17, 15) is 14.4 Å². The van der Waals surface area contributed by atoms with E-state index in [-0.39, 0.29) is 19.0 Å². The molecule has 1 atom stereocenters. The molecule has 0 aliphatic heterocycles. The highest BCUT2D eigenvalue weighted by molar-refractivity contribution is 7.12. The van der Waals surface area contributed by atoms with Crippen molar-refractivity contribution < 1.29 is 23.9 Å². The van der Waals surface area contributed by atoms with E-state index in [1.54, 1.807) is 31.4 Å². The molecule has 7 nitrogen and oxygen atoms in total. The van der Waals surface area contributed by atoms with Crippen LogP contribution in [0, 0.1) is 0 Å². The predicted molar refractivity (Wildman–Crippen MR) is 77.1 cm³/mol. The molecule has 0 aromatic carbocycles. The third-order valence-electron chi connectivity index (χ3n) is 2.48. The number of hydrogen-bond donors (Lipinski definition) is 1. The van der Waals surface area contributed by atoms with Crippen LogP contribution in [0.4, 0.5) is 9.59 Å². The van der Waals surface area contributed by atoms with Crippen molar-refractivity contribution in [3.63, 3.8) is 0 Å². The highest BCUT2D eigenvalue weighted by Crippen LogP contribution is 2.14. The monoisotopic (exact) mass is 314 g/mol. The quantitative estimate of drug-likeness (QED) is 0.666. The van der Waals surface area contributed by atoms with Crippen molar-refractivity contribution in [2.24, 2.45) is 0 Å². The highest BCUT2D eigenvalue weighted by Gasteiger charge is 2.30. The molecule has 1 rings (SSSR count). The second-order valence-corrected chi connectivity index (χ2v) is 4.87. The number of carbonyl (C=O) groups is 3. The molecule has 0 bridgehead atoms.